The molecule has 20 heavy (non-hydrogen) atoms. The summed E-state index contributed by atoms with van der Waals surface area (Å²) in [5, 5.41) is 6.09. The average molecular weight is 269 g/mol. The van der Waals surface area contributed by atoms with Crippen LogP contribution in [0.15, 0.2) is 42.5 Å². The molecule has 0 aliphatic heterocycles. The summed E-state index contributed by atoms with van der Waals surface area (Å²) >= 11 is 0. The van der Waals surface area contributed by atoms with Crippen molar-refractivity contribution >= 4 is 11.6 Å². The number of amides is 1. The highest BCUT2D eigenvalue weighted by Gasteiger charge is 2.10. The quantitative estimate of drug-likeness (QED) is 0.877. The van der Waals surface area contributed by atoms with E-state index < -0.39 is 0 Å². The zero-order chi connectivity index (χ0) is 14.4. The molecule has 2 rings (SSSR count). The lowest BCUT2D eigenvalue weighted by atomic mass is 10.1. The van der Waals surface area contributed by atoms with E-state index in [1.54, 1.807) is 0 Å². The fourth-order valence-corrected chi connectivity index (χ4v) is 1.99. The SMILES string of the molecule is CCNc1ccccc1C(=O)NCc1cccc(C)n1. The Morgan fingerprint density at radius 1 is 1.15 bits per heavy atom. The second-order valence-corrected chi connectivity index (χ2v) is 4.53. The van der Waals surface area contributed by atoms with Crippen LogP contribution >= 0.6 is 0 Å². The summed E-state index contributed by atoms with van der Waals surface area (Å²) in [6, 6.07) is 13.3. The van der Waals surface area contributed by atoms with Crippen LogP contribution in [0, 0.1) is 6.92 Å². The first kappa shape index (κ1) is 14.1. The maximum Gasteiger partial charge on any atom is 0.253 e. The fraction of sp³-hybridized carbons (Fsp3) is 0.250. The molecular formula is C16H19N3O. The first-order valence-corrected chi connectivity index (χ1v) is 6.74. The number of aryl methyl sites for hydroxylation is 1. The van der Waals surface area contributed by atoms with Crippen molar-refractivity contribution in [2.45, 2.75) is 20.4 Å². The topological polar surface area (TPSA) is 54.0 Å². The minimum Gasteiger partial charge on any atom is -0.385 e. The molecule has 0 atom stereocenters. The third-order valence-corrected chi connectivity index (χ3v) is 2.91. The van der Waals surface area contributed by atoms with Gasteiger partial charge in [0.25, 0.3) is 5.91 Å². The second kappa shape index (κ2) is 6.70. The Balaban J connectivity index is 2.05. The number of aromatic nitrogens is 1. The molecule has 0 aliphatic rings. The van der Waals surface area contributed by atoms with Gasteiger partial charge >= 0.3 is 0 Å². The van der Waals surface area contributed by atoms with Gasteiger partial charge in [-0.2, -0.15) is 0 Å². The van der Waals surface area contributed by atoms with Crippen LogP contribution in [-0.2, 0) is 6.54 Å². The number of carbonyl (C=O) groups excluding carboxylic acids is 1. The van der Waals surface area contributed by atoms with E-state index >= 15 is 0 Å². The molecule has 0 aliphatic carbocycles. The lowest BCUT2D eigenvalue weighted by Crippen LogP contribution is -2.24. The summed E-state index contributed by atoms with van der Waals surface area (Å²) in [7, 11) is 0. The Labute approximate surface area is 119 Å². The maximum atomic E-state index is 12.2. The smallest absolute Gasteiger partial charge is 0.253 e. The highest BCUT2D eigenvalue weighted by molar-refractivity contribution is 5.99. The van der Waals surface area contributed by atoms with Gasteiger partial charge in [-0.15, -0.1) is 0 Å². The molecule has 0 fully saturated rings. The number of hydrogen-bond acceptors (Lipinski definition) is 3. The standard InChI is InChI=1S/C16H19N3O/c1-3-17-15-10-5-4-9-14(15)16(20)18-11-13-8-6-7-12(2)19-13/h4-10,17H,3,11H2,1-2H3,(H,18,20). The molecule has 1 aromatic heterocycles. The molecule has 1 heterocycles. The Morgan fingerprint density at radius 2 is 1.95 bits per heavy atom. The molecule has 0 saturated heterocycles. The fourth-order valence-electron chi connectivity index (χ4n) is 1.99. The maximum absolute atomic E-state index is 12.2. The van der Waals surface area contributed by atoms with Gasteiger partial charge in [0.05, 0.1) is 17.8 Å². The molecule has 2 N–H and O–H groups in total. The highest BCUT2D eigenvalue weighted by atomic mass is 16.1. The second-order valence-electron chi connectivity index (χ2n) is 4.53. The largest absolute Gasteiger partial charge is 0.385 e. The molecule has 2 aromatic rings. The van der Waals surface area contributed by atoms with Gasteiger partial charge in [-0.05, 0) is 38.1 Å². The Kier molecular flexibility index (Phi) is 4.71. The van der Waals surface area contributed by atoms with Crippen molar-refractivity contribution in [2.24, 2.45) is 0 Å². The van der Waals surface area contributed by atoms with Gasteiger partial charge < -0.3 is 10.6 Å². The summed E-state index contributed by atoms with van der Waals surface area (Å²) in [6.07, 6.45) is 0. The van der Waals surface area contributed by atoms with E-state index in [9.17, 15) is 4.79 Å². The van der Waals surface area contributed by atoms with E-state index in [0.29, 0.717) is 12.1 Å². The van der Waals surface area contributed by atoms with Crippen LogP contribution in [0.1, 0.15) is 28.7 Å². The predicted octanol–water partition coefficient (Wildman–Crippen LogP) is 2.75. The van der Waals surface area contributed by atoms with Crippen LogP contribution in [-0.4, -0.2) is 17.4 Å². The third kappa shape index (κ3) is 3.57. The van der Waals surface area contributed by atoms with Gasteiger partial charge in [0, 0.05) is 17.9 Å². The molecular weight excluding hydrogens is 250 g/mol. The zero-order valence-electron chi connectivity index (χ0n) is 11.8. The van der Waals surface area contributed by atoms with Crippen LogP contribution in [0.5, 0.6) is 0 Å². The zero-order valence-corrected chi connectivity index (χ0v) is 11.8. The molecule has 4 nitrogen and oxygen atoms in total. The minimum absolute atomic E-state index is 0.0927. The van der Waals surface area contributed by atoms with Crippen molar-refractivity contribution in [3.05, 3.63) is 59.4 Å². The van der Waals surface area contributed by atoms with Gasteiger partial charge in [0.2, 0.25) is 0 Å². The van der Waals surface area contributed by atoms with Crippen molar-refractivity contribution in [3.63, 3.8) is 0 Å². The van der Waals surface area contributed by atoms with Crippen LogP contribution in [0.2, 0.25) is 0 Å². The van der Waals surface area contributed by atoms with Gasteiger partial charge in [0.1, 0.15) is 0 Å². The lowest BCUT2D eigenvalue weighted by molar-refractivity contribution is 0.0951. The highest BCUT2D eigenvalue weighted by Crippen LogP contribution is 2.14. The number of carbonyl (C=O) groups is 1. The molecule has 0 unspecified atom stereocenters. The van der Waals surface area contributed by atoms with Gasteiger partial charge in [-0.1, -0.05) is 18.2 Å². The normalized spacial score (nSPS) is 10.1. The van der Waals surface area contributed by atoms with Crippen molar-refractivity contribution in [2.75, 3.05) is 11.9 Å². The van der Waals surface area contributed by atoms with Gasteiger partial charge in [-0.25, -0.2) is 0 Å². The Morgan fingerprint density at radius 3 is 2.70 bits per heavy atom. The van der Waals surface area contributed by atoms with E-state index in [4.69, 9.17) is 0 Å². The monoisotopic (exact) mass is 269 g/mol. The van der Waals surface area contributed by atoms with E-state index in [0.717, 1.165) is 23.6 Å². The van der Waals surface area contributed by atoms with Crippen molar-refractivity contribution in [1.29, 1.82) is 0 Å². The number of hydrogen-bond donors (Lipinski definition) is 2. The molecule has 0 saturated carbocycles. The van der Waals surface area contributed by atoms with Crippen LogP contribution in [0.4, 0.5) is 5.69 Å². The van der Waals surface area contributed by atoms with E-state index in [1.807, 2.05) is 56.3 Å². The molecule has 0 bridgehead atoms. The molecule has 1 aromatic carbocycles. The summed E-state index contributed by atoms with van der Waals surface area (Å²) in [6.45, 7) is 5.15. The molecule has 0 radical (unpaired) electrons. The number of rotatable bonds is 5. The number of para-hydroxylation sites is 1. The van der Waals surface area contributed by atoms with Crippen LogP contribution in [0.3, 0.4) is 0 Å². The lowest BCUT2D eigenvalue weighted by Gasteiger charge is -2.11. The molecule has 1 amide bonds. The average Bonchev–Trinajstić information content (AvgIpc) is 2.46. The molecule has 4 heteroatoms. The first-order valence-electron chi connectivity index (χ1n) is 6.74. The number of nitrogens with one attached hydrogen (secondary N) is 2. The van der Waals surface area contributed by atoms with Crippen molar-refractivity contribution in [1.82, 2.24) is 10.3 Å². The van der Waals surface area contributed by atoms with Gasteiger partial charge in [0.15, 0.2) is 0 Å². The summed E-state index contributed by atoms with van der Waals surface area (Å²) < 4.78 is 0. The number of pyridine rings is 1. The molecule has 104 valence electrons. The molecule has 0 spiro atoms. The summed E-state index contributed by atoms with van der Waals surface area (Å²) in [5.41, 5.74) is 3.32. The van der Waals surface area contributed by atoms with Crippen LogP contribution in [0.25, 0.3) is 0 Å². The Hall–Kier alpha value is -2.36. The summed E-state index contributed by atoms with van der Waals surface area (Å²) in [5.74, 6) is -0.0927. The number of benzene rings is 1. The van der Waals surface area contributed by atoms with Gasteiger partial charge in [-0.3, -0.25) is 9.78 Å². The number of anilines is 1. The Bertz CT molecular complexity index is 596. The first-order chi connectivity index (χ1) is 9.70. The van der Waals surface area contributed by atoms with Crippen LogP contribution < -0.4 is 10.6 Å². The van der Waals surface area contributed by atoms with Crippen molar-refractivity contribution < 1.29 is 4.79 Å². The van der Waals surface area contributed by atoms with Crippen molar-refractivity contribution in [3.8, 4) is 0 Å². The summed E-state index contributed by atoms with van der Waals surface area (Å²) in [4.78, 5) is 16.6. The number of nitrogens with zero attached hydrogens (tertiary/aromatic N) is 1. The van der Waals surface area contributed by atoms with E-state index in [2.05, 4.69) is 15.6 Å². The van der Waals surface area contributed by atoms with E-state index in [1.165, 1.54) is 0 Å². The predicted molar refractivity (Wildman–Crippen MR) is 80.7 cm³/mol. The third-order valence-electron chi connectivity index (χ3n) is 2.91. The van der Waals surface area contributed by atoms with E-state index in [-0.39, 0.29) is 5.91 Å². The minimum atomic E-state index is -0.0927.